The quantitative estimate of drug-likeness (QED) is 0.128. The van der Waals surface area contributed by atoms with Gasteiger partial charge in [0.15, 0.2) is 0 Å². The third-order valence-corrected chi connectivity index (χ3v) is 13.3. The number of benzene rings is 3. The molecule has 1 saturated carbocycles. The van der Waals surface area contributed by atoms with Crippen molar-refractivity contribution in [2.24, 2.45) is 11.3 Å². The van der Waals surface area contributed by atoms with Crippen LogP contribution in [0.15, 0.2) is 88.9 Å². The molecule has 12 nitrogen and oxygen atoms in total. The van der Waals surface area contributed by atoms with Gasteiger partial charge in [0.25, 0.3) is 0 Å². The van der Waals surface area contributed by atoms with Crippen molar-refractivity contribution in [2.45, 2.75) is 77.0 Å². The van der Waals surface area contributed by atoms with E-state index in [1.165, 1.54) is 4.90 Å². The maximum Gasteiger partial charge on any atom is 0.243 e. The Morgan fingerprint density at radius 2 is 1.76 bits per heavy atom. The van der Waals surface area contributed by atoms with Crippen molar-refractivity contribution >= 4 is 39.7 Å². The van der Waals surface area contributed by atoms with E-state index in [-0.39, 0.29) is 53.8 Å². The van der Waals surface area contributed by atoms with Crippen LogP contribution in [0.1, 0.15) is 80.6 Å². The van der Waals surface area contributed by atoms with Crippen LogP contribution in [0.3, 0.4) is 0 Å². The minimum absolute atomic E-state index is 0.0858. The van der Waals surface area contributed by atoms with Crippen LogP contribution in [0, 0.1) is 18.3 Å². The van der Waals surface area contributed by atoms with E-state index in [0.717, 1.165) is 69.9 Å². The number of rotatable bonds is 10. The number of aromatic nitrogens is 4. The van der Waals surface area contributed by atoms with Crippen molar-refractivity contribution < 1.29 is 24.3 Å². The lowest BCUT2D eigenvalue weighted by Crippen LogP contribution is -2.61. The van der Waals surface area contributed by atoms with E-state index < -0.39 is 18.1 Å². The Labute approximate surface area is 340 Å². The summed E-state index contributed by atoms with van der Waals surface area (Å²) in [6, 6.07) is 24.3. The number of aromatic hydroxyl groups is 1. The third-order valence-electron chi connectivity index (χ3n) is 12.4. The summed E-state index contributed by atoms with van der Waals surface area (Å²) in [5.74, 6) is -0.370. The van der Waals surface area contributed by atoms with Gasteiger partial charge in [-0.15, -0.1) is 21.5 Å². The van der Waals surface area contributed by atoms with Crippen molar-refractivity contribution in [2.75, 3.05) is 24.5 Å². The molecule has 298 valence electrons. The van der Waals surface area contributed by atoms with Gasteiger partial charge < -0.3 is 29.9 Å². The van der Waals surface area contributed by atoms with E-state index in [1.54, 1.807) is 23.5 Å². The standard InChI is InChI=1S/C45H47N7O5S/c1-25(2)41(44(56)52-21-33(53)17-38(52)43(55)47-26(3)28-9-11-29(12-10-28)42-27(4)46-24-58-42)40-18-36(50-57-40)31-19-45(20-31)22-51(23-45)32-13-14-35-30(15-32)16-37(49-48-35)34-7-5-6-8-39(34)54/h5-16,18,24-26,31,33,38,41,53-54H,17,19-23H2,1-4H3,(H,47,55)/t26?,33-,38+,41?/m1/s1. The number of carbonyl (C=O) groups is 2. The highest BCUT2D eigenvalue weighted by Crippen LogP contribution is 2.57. The molecule has 2 unspecified atom stereocenters. The average Bonchev–Trinajstić information content (AvgIpc) is 3.94. The Kier molecular flexibility index (Phi) is 9.76. The van der Waals surface area contributed by atoms with Gasteiger partial charge in [0.1, 0.15) is 23.5 Å². The number of amides is 2. The molecule has 2 saturated heterocycles. The summed E-state index contributed by atoms with van der Waals surface area (Å²) in [7, 11) is 0. The first kappa shape index (κ1) is 37.9. The van der Waals surface area contributed by atoms with Crippen molar-refractivity contribution in [3.63, 3.8) is 0 Å². The van der Waals surface area contributed by atoms with Gasteiger partial charge in [0.2, 0.25) is 11.8 Å². The number of nitrogens with zero attached hydrogens (tertiary/aromatic N) is 6. The Bertz CT molecular complexity index is 2480. The van der Waals surface area contributed by atoms with Crippen molar-refractivity contribution in [1.82, 2.24) is 30.6 Å². The van der Waals surface area contributed by atoms with Gasteiger partial charge in [0, 0.05) is 60.1 Å². The molecule has 3 aromatic heterocycles. The zero-order chi connectivity index (χ0) is 40.3. The predicted octanol–water partition coefficient (Wildman–Crippen LogP) is 7.39. The number of aliphatic hydroxyl groups excluding tert-OH is 1. The van der Waals surface area contributed by atoms with Crippen molar-refractivity contribution in [3.8, 4) is 27.4 Å². The summed E-state index contributed by atoms with van der Waals surface area (Å²) in [6.07, 6.45) is 1.35. The minimum atomic E-state index is -0.798. The van der Waals surface area contributed by atoms with Crippen LogP contribution in [-0.4, -0.2) is 79.0 Å². The number of carbonyl (C=O) groups excluding carboxylic acids is 2. The van der Waals surface area contributed by atoms with E-state index in [9.17, 15) is 19.8 Å². The summed E-state index contributed by atoms with van der Waals surface area (Å²) in [5.41, 5.74) is 9.13. The maximum absolute atomic E-state index is 14.3. The first-order valence-electron chi connectivity index (χ1n) is 20.0. The predicted molar refractivity (Wildman–Crippen MR) is 222 cm³/mol. The van der Waals surface area contributed by atoms with Crippen LogP contribution < -0.4 is 10.2 Å². The normalized spacial score (nSPS) is 20.0. The van der Waals surface area contributed by atoms with E-state index in [4.69, 9.17) is 4.52 Å². The highest BCUT2D eigenvalue weighted by molar-refractivity contribution is 7.13. The first-order chi connectivity index (χ1) is 27.9. The molecule has 2 aliphatic heterocycles. The van der Waals surface area contributed by atoms with Crippen LogP contribution in [0.5, 0.6) is 5.75 Å². The number of para-hydroxylation sites is 1. The van der Waals surface area contributed by atoms with E-state index in [2.05, 4.69) is 42.7 Å². The number of aryl methyl sites for hydroxylation is 1. The Balaban J connectivity index is 0.825. The Hall–Kier alpha value is -5.66. The van der Waals surface area contributed by atoms with Crippen LogP contribution in [0.25, 0.3) is 32.6 Å². The second kappa shape index (κ2) is 14.9. The van der Waals surface area contributed by atoms with E-state index >= 15 is 0 Å². The van der Waals surface area contributed by atoms with Crippen LogP contribution in [0.4, 0.5) is 5.69 Å². The zero-order valence-corrected chi connectivity index (χ0v) is 33.8. The molecule has 1 aliphatic carbocycles. The topological polar surface area (TPSA) is 158 Å². The molecule has 0 radical (unpaired) electrons. The molecule has 4 atom stereocenters. The van der Waals surface area contributed by atoms with Gasteiger partial charge in [0.05, 0.1) is 45.1 Å². The SMILES string of the molecule is Cc1ncsc1-c1ccc(C(C)NC(=O)[C@@H]2C[C@@H](O)CN2C(=O)C(c2cc(C3CC4(C3)CN(c3ccc5nnc(-c6ccccc6O)cc5c3)C4)no2)C(C)C)cc1. The van der Waals surface area contributed by atoms with E-state index in [1.807, 2.05) is 87.8 Å². The number of nitrogens with one attached hydrogen (secondary N) is 1. The molecule has 3 fully saturated rings. The second-order valence-corrected chi connectivity index (χ2v) is 17.7. The van der Waals surface area contributed by atoms with Crippen molar-refractivity contribution in [3.05, 3.63) is 107 Å². The number of anilines is 1. The Morgan fingerprint density at radius 1 is 0.983 bits per heavy atom. The highest BCUT2D eigenvalue weighted by atomic mass is 32.1. The molecule has 58 heavy (non-hydrogen) atoms. The fourth-order valence-electron chi connectivity index (χ4n) is 9.21. The molecule has 3 aliphatic rings. The summed E-state index contributed by atoms with van der Waals surface area (Å²) in [6.45, 7) is 9.82. The molecule has 3 aromatic carbocycles. The fraction of sp³-hybridized carbons (Fsp3) is 0.378. The summed E-state index contributed by atoms with van der Waals surface area (Å²) in [4.78, 5) is 37.4. The summed E-state index contributed by atoms with van der Waals surface area (Å²) < 4.78 is 5.91. The van der Waals surface area contributed by atoms with Gasteiger partial charge in [-0.25, -0.2) is 4.98 Å². The minimum Gasteiger partial charge on any atom is -0.507 e. The number of thiazole rings is 1. The van der Waals surface area contributed by atoms with Crippen LogP contribution in [0.2, 0.25) is 0 Å². The molecular formula is C45H47N7O5S. The van der Waals surface area contributed by atoms with E-state index in [0.29, 0.717) is 17.0 Å². The Morgan fingerprint density at radius 3 is 2.48 bits per heavy atom. The average molecular weight is 798 g/mol. The van der Waals surface area contributed by atoms with Gasteiger partial charge in [-0.2, -0.15) is 0 Å². The largest absolute Gasteiger partial charge is 0.507 e. The number of likely N-dealkylation sites (tertiary alicyclic amines) is 1. The third kappa shape index (κ3) is 7.00. The number of phenolic OH excluding ortho intramolecular Hbond substituents is 1. The number of aliphatic hydroxyl groups is 1. The first-order valence-corrected chi connectivity index (χ1v) is 20.9. The number of fused-ring (bicyclic) bond motifs is 1. The molecular weight excluding hydrogens is 751 g/mol. The molecule has 13 heteroatoms. The lowest BCUT2D eigenvalue weighted by Gasteiger charge is -2.59. The van der Waals surface area contributed by atoms with Gasteiger partial charge in [-0.05, 0) is 80.1 Å². The zero-order valence-electron chi connectivity index (χ0n) is 33.0. The van der Waals surface area contributed by atoms with Crippen molar-refractivity contribution in [1.29, 1.82) is 0 Å². The molecule has 0 bridgehead atoms. The molecule has 1 spiro atoms. The molecule has 2 amide bonds. The van der Waals surface area contributed by atoms with Gasteiger partial charge >= 0.3 is 0 Å². The number of hydrogen-bond acceptors (Lipinski definition) is 11. The van der Waals surface area contributed by atoms with Crippen LogP contribution in [-0.2, 0) is 9.59 Å². The molecule has 3 N–H and O–H groups in total. The number of β-amino-alcohol motifs (C(OH)–C–C–N with tert-alkyl or cyclic N) is 1. The monoisotopic (exact) mass is 797 g/mol. The van der Waals surface area contributed by atoms with Gasteiger partial charge in [-0.1, -0.05) is 55.4 Å². The summed E-state index contributed by atoms with van der Waals surface area (Å²) >= 11 is 1.60. The number of hydrogen-bond donors (Lipinski definition) is 3. The molecule has 5 heterocycles. The molecule has 9 rings (SSSR count). The number of phenols is 1. The fourth-order valence-corrected chi connectivity index (χ4v) is 10.0. The summed E-state index contributed by atoms with van der Waals surface area (Å²) in [5, 5.41) is 38.3. The highest BCUT2D eigenvalue weighted by Gasteiger charge is 2.54. The maximum atomic E-state index is 14.3. The smallest absolute Gasteiger partial charge is 0.243 e. The van der Waals surface area contributed by atoms with Gasteiger partial charge in [-0.3, -0.25) is 9.59 Å². The second-order valence-electron chi connectivity index (χ2n) is 16.8. The lowest BCUT2D eigenvalue weighted by atomic mass is 9.57. The van der Waals surface area contributed by atoms with Crippen LogP contribution >= 0.6 is 11.3 Å². The lowest BCUT2D eigenvalue weighted by molar-refractivity contribution is -0.141. The molecule has 6 aromatic rings.